The van der Waals surface area contributed by atoms with Gasteiger partial charge in [0, 0.05) is 17.0 Å². The first-order valence-corrected chi connectivity index (χ1v) is 10.4. The van der Waals surface area contributed by atoms with Crippen LogP contribution in [0.15, 0.2) is 41.8 Å². The lowest BCUT2D eigenvalue weighted by atomic mass is 10.1. The van der Waals surface area contributed by atoms with Crippen molar-refractivity contribution in [1.29, 1.82) is 0 Å². The van der Waals surface area contributed by atoms with Gasteiger partial charge in [-0.2, -0.15) is 4.98 Å². The van der Waals surface area contributed by atoms with E-state index in [2.05, 4.69) is 31.5 Å². The third kappa shape index (κ3) is 4.26. The van der Waals surface area contributed by atoms with E-state index in [0.717, 1.165) is 16.1 Å². The van der Waals surface area contributed by atoms with Gasteiger partial charge in [0.25, 0.3) is 5.91 Å². The van der Waals surface area contributed by atoms with Gasteiger partial charge in [-0.1, -0.05) is 23.8 Å². The van der Waals surface area contributed by atoms with Gasteiger partial charge in [-0.25, -0.2) is 4.98 Å². The Labute approximate surface area is 183 Å². The average molecular weight is 436 g/mol. The first-order valence-electron chi connectivity index (χ1n) is 9.48. The van der Waals surface area contributed by atoms with Crippen molar-refractivity contribution in [2.24, 2.45) is 0 Å². The fraction of sp³-hybridized carbons (Fsp3) is 0.182. The molecule has 2 N–H and O–H groups in total. The number of nitrogens with one attached hydrogen (secondary N) is 2. The zero-order valence-electron chi connectivity index (χ0n) is 17.5. The fourth-order valence-electron chi connectivity index (χ4n) is 3.15. The third-order valence-corrected chi connectivity index (χ3v) is 5.60. The van der Waals surface area contributed by atoms with Crippen molar-refractivity contribution in [3.05, 3.63) is 58.6 Å². The first kappa shape index (κ1) is 20.5. The number of thiazole rings is 1. The fourth-order valence-corrected chi connectivity index (χ4v) is 4.04. The highest BCUT2D eigenvalue weighted by Crippen LogP contribution is 2.32. The van der Waals surface area contributed by atoms with Crippen LogP contribution in [0.4, 0.5) is 5.95 Å². The quantitative estimate of drug-likeness (QED) is 0.463. The van der Waals surface area contributed by atoms with Crippen molar-refractivity contribution in [1.82, 2.24) is 20.2 Å². The van der Waals surface area contributed by atoms with E-state index in [1.165, 1.54) is 16.9 Å². The maximum Gasteiger partial charge on any atom is 0.277 e. The number of nitrogens with zero attached hydrogens (tertiary/aromatic N) is 3. The second-order valence-electron chi connectivity index (χ2n) is 6.88. The van der Waals surface area contributed by atoms with Crippen molar-refractivity contribution in [3.63, 3.8) is 0 Å². The number of amides is 1. The molecule has 0 aliphatic heterocycles. The molecule has 2 aromatic carbocycles. The van der Waals surface area contributed by atoms with Crippen LogP contribution in [0.5, 0.6) is 11.5 Å². The summed E-state index contributed by atoms with van der Waals surface area (Å²) >= 11 is 1.42. The first-order chi connectivity index (χ1) is 15.0. The molecule has 0 fully saturated rings. The molecule has 0 radical (unpaired) electrons. The van der Waals surface area contributed by atoms with Crippen molar-refractivity contribution >= 4 is 23.2 Å². The normalized spacial score (nSPS) is 10.7. The number of ether oxygens (including phenoxy) is 2. The van der Waals surface area contributed by atoms with E-state index in [4.69, 9.17) is 9.47 Å². The summed E-state index contributed by atoms with van der Waals surface area (Å²) in [5, 5.41) is 12.1. The van der Waals surface area contributed by atoms with Crippen LogP contribution in [0.1, 0.15) is 21.6 Å². The number of carbonyl (C=O) groups excluding carboxylic acids is 1. The molecule has 2 heterocycles. The summed E-state index contributed by atoms with van der Waals surface area (Å²) < 4.78 is 10.6. The Kier molecular flexibility index (Phi) is 5.68. The maximum absolute atomic E-state index is 12.6. The van der Waals surface area contributed by atoms with E-state index in [9.17, 15) is 4.79 Å². The van der Waals surface area contributed by atoms with Crippen molar-refractivity contribution in [2.75, 3.05) is 19.5 Å². The second-order valence-corrected chi connectivity index (χ2v) is 7.74. The predicted molar refractivity (Wildman–Crippen MR) is 120 cm³/mol. The highest BCUT2D eigenvalue weighted by molar-refractivity contribution is 7.13. The third-order valence-electron chi connectivity index (χ3n) is 4.72. The number of H-pyrrole nitrogens is 1. The van der Waals surface area contributed by atoms with Crippen LogP contribution in [0.25, 0.3) is 22.0 Å². The molecule has 0 saturated heterocycles. The molecule has 0 bridgehead atoms. The maximum atomic E-state index is 12.6. The van der Waals surface area contributed by atoms with Crippen molar-refractivity contribution < 1.29 is 14.3 Å². The van der Waals surface area contributed by atoms with Crippen LogP contribution in [0, 0.1) is 13.8 Å². The lowest BCUT2D eigenvalue weighted by Crippen LogP contribution is -2.13. The Bertz CT molecular complexity index is 1250. The molecule has 0 atom stereocenters. The topological polar surface area (TPSA) is 102 Å². The summed E-state index contributed by atoms with van der Waals surface area (Å²) in [6.07, 6.45) is 0. The summed E-state index contributed by atoms with van der Waals surface area (Å²) in [7, 11) is 3.15. The van der Waals surface area contributed by atoms with E-state index in [0.29, 0.717) is 28.6 Å². The molecule has 0 saturated carbocycles. The van der Waals surface area contributed by atoms with Crippen LogP contribution in [0.3, 0.4) is 0 Å². The monoisotopic (exact) mass is 435 g/mol. The van der Waals surface area contributed by atoms with Crippen LogP contribution in [-0.4, -0.2) is 40.3 Å². The Morgan fingerprint density at radius 1 is 1.03 bits per heavy atom. The zero-order valence-corrected chi connectivity index (χ0v) is 18.3. The summed E-state index contributed by atoms with van der Waals surface area (Å²) in [6, 6.07) is 11.5. The van der Waals surface area contributed by atoms with Gasteiger partial charge in [-0.15, -0.1) is 16.4 Å². The Morgan fingerprint density at radius 2 is 1.84 bits per heavy atom. The van der Waals surface area contributed by atoms with Gasteiger partial charge in [-0.05, 0) is 31.5 Å². The van der Waals surface area contributed by atoms with E-state index >= 15 is 0 Å². The summed E-state index contributed by atoms with van der Waals surface area (Å²) in [4.78, 5) is 21.5. The minimum absolute atomic E-state index is 0.152. The molecule has 0 unspecified atom stereocenters. The molecule has 1 amide bonds. The number of methoxy groups -OCH3 is 2. The zero-order chi connectivity index (χ0) is 22.0. The number of hydrogen-bond acceptors (Lipinski definition) is 7. The number of rotatable bonds is 6. The Hall–Kier alpha value is -3.72. The van der Waals surface area contributed by atoms with Gasteiger partial charge in [0.15, 0.2) is 5.82 Å². The number of benzene rings is 2. The molecule has 8 nitrogen and oxygen atoms in total. The Morgan fingerprint density at radius 3 is 2.58 bits per heavy atom. The molecule has 0 aliphatic carbocycles. The van der Waals surface area contributed by atoms with Gasteiger partial charge in [-0.3, -0.25) is 15.2 Å². The van der Waals surface area contributed by atoms with Gasteiger partial charge in [0.05, 0.1) is 19.8 Å². The van der Waals surface area contributed by atoms with Crippen molar-refractivity contribution in [3.8, 4) is 33.5 Å². The van der Waals surface area contributed by atoms with Gasteiger partial charge >= 0.3 is 0 Å². The van der Waals surface area contributed by atoms with Crippen LogP contribution < -0.4 is 14.8 Å². The standard InChI is InChI=1S/C22H21N5O3S/c1-12-5-7-15(13(2)9-12)21-23-17(11-31-21)20(28)25-22-24-19(26-27-22)16-8-6-14(29-3)10-18(16)30-4/h5-11H,1-4H3,(H2,24,25,26,27,28). The number of aryl methyl sites for hydroxylation is 2. The van der Waals surface area contributed by atoms with Crippen LogP contribution in [0.2, 0.25) is 0 Å². The molecule has 2 aromatic heterocycles. The van der Waals surface area contributed by atoms with Crippen LogP contribution >= 0.6 is 11.3 Å². The van der Waals surface area contributed by atoms with Gasteiger partial charge < -0.3 is 9.47 Å². The smallest absolute Gasteiger partial charge is 0.277 e. The van der Waals surface area contributed by atoms with E-state index in [1.54, 1.807) is 37.8 Å². The molecule has 4 aromatic rings. The molecule has 0 aliphatic rings. The number of anilines is 1. The summed E-state index contributed by atoms with van der Waals surface area (Å²) in [5.74, 6) is 1.48. The number of hydrogen-bond donors (Lipinski definition) is 2. The summed E-state index contributed by atoms with van der Waals surface area (Å²) in [6.45, 7) is 4.08. The minimum atomic E-state index is -0.375. The predicted octanol–water partition coefficient (Wildman–Crippen LogP) is 4.48. The molecule has 9 heteroatoms. The lowest BCUT2D eigenvalue weighted by Gasteiger charge is -2.07. The number of aromatic amines is 1. The molecule has 0 spiro atoms. The van der Waals surface area contributed by atoms with Gasteiger partial charge in [0.2, 0.25) is 5.95 Å². The van der Waals surface area contributed by atoms with Crippen molar-refractivity contribution in [2.45, 2.75) is 13.8 Å². The molecular weight excluding hydrogens is 414 g/mol. The molecule has 31 heavy (non-hydrogen) atoms. The van der Waals surface area contributed by atoms with E-state index in [-0.39, 0.29) is 11.9 Å². The second kappa shape index (κ2) is 8.57. The van der Waals surface area contributed by atoms with Gasteiger partial charge in [0.1, 0.15) is 22.2 Å². The van der Waals surface area contributed by atoms with Crippen LogP contribution in [-0.2, 0) is 0 Å². The van der Waals surface area contributed by atoms with E-state index < -0.39 is 0 Å². The summed E-state index contributed by atoms with van der Waals surface area (Å²) in [5.41, 5.74) is 4.33. The number of aromatic nitrogens is 4. The lowest BCUT2D eigenvalue weighted by molar-refractivity contribution is 0.102. The van der Waals surface area contributed by atoms with E-state index in [1.807, 2.05) is 26.0 Å². The molecular formula is C22H21N5O3S. The average Bonchev–Trinajstić information content (AvgIpc) is 3.43. The highest BCUT2D eigenvalue weighted by Gasteiger charge is 2.17. The largest absolute Gasteiger partial charge is 0.497 e. The SMILES string of the molecule is COc1ccc(-c2nc(NC(=O)c3csc(-c4ccc(C)cc4C)n3)n[nH]2)c(OC)c1. The molecule has 4 rings (SSSR count). The Balaban J connectivity index is 1.52. The highest BCUT2D eigenvalue weighted by atomic mass is 32.1. The molecule has 158 valence electrons. The number of carbonyl (C=O) groups is 1. The minimum Gasteiger partial charge on any atom is -0.497 e.